The first-order valence-electron chi connectivity index (χ1n) is 8.90. The van der Waals surface area contributed by atoms with Crippen LogP contribution in [0.1, 0.15) is 44.0 Å². The van der Waals surface area contributed by atoms with Crippen molar-refractivity contribution in [3.8, 4) is 11.1 Å². The Morgan fingerprint density at radius 3 is 2.39 bits per heavy atom. The van der Waals surface area contributed by atoms with Gasteiger partial charge in [-0.15, -0.1) is 0 Å². The summed E-state index contributed by atoms with van der Waals surface area (Å²) in [5.41, 5.74) is 3.62. The standard InChI is InChI=1S/C21H26FNO4.Na/c1-13(2)23-12-20(15-4-6-16(22)7-5-15)19(14(23)3)9-8-17(24)10-18(25)11-21(26)27;/h4-9,12-13,17-18,24-25H,10-11H2,1-3H3,(H,26,27);/q;+1/p-1/b9-8+;/t17-,18-;/m1./s1. The van der Waals surface area contributed by atoms with Crippen LogP contribution < -0.4 is 34.7 Å². The number of halogens is 1. The second-order valence-corrected chi connectivity index (χ2v) is 6.94. The molecule has 0 aliphatic rings. The third-order valence-electron chi connectivity index (χ3n) is 4.45. The maximum absolute atomic E-state index is 13.3. The molecule has 0 spiro atoms. The summed E-state index contributed by atoms with van der Waals surface area (Å²) in [4.78, 5) is 10.5. The van der Waals surface area contributed by atoms with E-state index in [0.717, 1.165) is 22.4 Å². The number of aliphatic hydroxyl groups excluding tert-OH is 2. The number of nitrogens with zero attached hydrogens (tertiary/aromatic N) is 1. The van der Waals surface area contributed by atoms with Crippen LogP contribution in [0, 0.1) is 12.7 Å². The third kappa shape index (κ3) is 6.57. The van der Waals surface area contributed by atoms with Crippen LogP contribution in [0.2, 0.25) is 0 Å². The van der Waals surface area contributed by atoms with Crippen LogP contribution in [0.4, 0.5) is 4.39 Å². The van der Waals surface area contributed by atoms with E-state index in [1.807, 2.05) is 13.1 Å². The summed E-state index contributed by atoms with van der Waals surface area (Å²) in [7, 11) is 0. The average molecular weight is 397 g/mol. The summed E-state index contributed by atoms with van der Waals surface area (Å²) in [5, 5.41) is 30.2. The van der Waals surface area contributed by atoms with Crippen molar-refractivity contribution >= 4 is 12.0 Å². The monoisotopic (exact) mass is 397 g/mol. The van der Waals surface area contributed by atoms with Crippen LogP contribution in [-0.4, -0.2) is 33.0 Å². The molecule has 28 heavy (non-hydrogen) atoms. The van der Waals surface area contributed by atoms with Gasteiger partial charge >= 0.3 is 29.6 Å². The van der Waals surface area contributed by atoms with E-state index >= 15 is 0 Å². The molecule has 2 rings (SSSR count). The van der Waals surface area contributed by atoms with Gasteiger partial charge in [-0.1, -0.05) is 24.3 Å². The Morgan fingerprint density at radius 2 is 1.86 bits per heavy atom. The van der Waals surface area contributed by atoms with Gasteiger partial charge in [-0.05, 0) is 38.5 Å². The normalized spacial score (nSPS) is 13.5. The quantitative estimate of drug-likeness (QED) is 0.586. The van der Waals surface area contributed by atoms with E-state index in [-0.39, 0.29) is 47.8 Å². The number of carbonyl (C=O) groups excluding carboxylic acids is 1. The minimum Gasteiger partial charge on any atom is -0.550 e. The molecule has 2 atom stereocenters. The van der Waals surface area contributed by atoms with Crippen LogP contribution in [-0.2, 0) is 4.79 Å². The fourth-order valence-corrected chi connectivity index (χ4v) is 3.09. The number of aliphatic hydroxyl groups is 2. The van der Waals surface area contributed by atoms with Gasteiger partial charge in [0.1, 0.15) is 5.82 Å². The second kappa shape index (κ2) is 10.9. The summed E-state index contributed by atoms with van der Waals surface area (Å²) in [5.74, 6) is -1.67. The van der Waals surface area contributed by atoms with E-state index in [2.05, 4.69) is 18.4 Å². The van der Waals surface area contributed by atoms with Gasteiger partial charge in [-0.25, -0.2) is 4.39 Å². The number of carboxylic acid groups (broad SMARTS) is 1. The van der Waals surface area contributed by atoms with Crippen molar-refractivity contribution in [1.29, 1.82) is 0 Å². The molecule has 7 heteroatoms. The maximum Gasteiger partial charge on any atom is 1.00 e. The Bertz CT molecular complexity index is 815. The van der Waals surface area contributed by atoms with Crippen LogP contribution in [0.5, 0.6) is 0 Å². The van der Waals surface area contributed by atoms with Crippen molar-refractivity contribution in [1.82, 2.24) is 4.57 Å². The zero-order valence-electron chi connectivity index (χ0n) is 16.7. The Hall–Kier alpha value is -1.44. The minimum atomic E-state index is -1.36. The summed E-state index contributed by atoms with van der Waals surface area (Å²) in [6.45, 7) is 6.07. The molecular formula is C21H25FNNaO4. The summed E-state index contributed by atoms with van der Waals surface area (Å²) < 4.78 is 15.4. The molecule has 5 nitrogen and oxygen atoms in total. The summed E-state index contributed by atoms with van der Waals surface area (Å²) in [6, 6.07) is 6.42. The number of carbonyl (C=O) groups is 1. The molecule has 1 heterocycles. The molecule has 146 valence electrons. The smallest absolute Gasteiger partial charge is 0.550 e. The van der Waals surface area contributed by atoms with Gasteiger partial charge in [0.25, 0.3) is 0 Å². The Kier molecular flexibility index (Phi) is 9.60. The molecule has 1 aromatic heterocycles. The van der Waals surface area contributed by atoms with Gasteiger partial charge in [-0.2, -0.15) is 0 Å². The third-order valence-corrected chi connectivity index (χ3v) is 4.45. The molecular weight excluding hydrogens is 372 g/mol. The molecule has 0 radical (unpaired) electrons. The van der Waals surface area contributed by atoms with Crippen LogP contribution in [0.25, 0.3) is 17.2 Å². The van der Waals surface area contributed by atoms with Gasteiger partial charge < -0.3 is 24.7 Å². The number of rotatable bonds is 8. The first-order valence-corrected chi connectivity index (χ1v) is 8.90. The molecule has 0 amide bonds. The van der Waals surface area contributed by atoms with Crippen molar-refractivity contribution in [2.75, 3.05) is 0 Å². The van der Waals surface area contributed by atoms with Crippen molar-refractivity contribution in [2.45, 2.75) is 51.9 Å². The first-order chi connectivity index (χ1) is 12.7. The average Bonchev–Trinajstić information content (AvgIpc) is 2.89. The van der Waals surface area contributed by atoms with Gasteiger partial charge in [0.2, 0.25) is 0 Å². The van der Waals surface area contributed by atoms with Crippen LogP contribution in [0.15, 0.2) is 36.5 Å². The summed E-state index contributed by atoms with van der Waals surface area (Å²) >= 11 is 0. The molecule has 0 unspecified atom stereocenters. The molecule has 0 aliphatic carbocycles. The van der Waals surface area contributed by atoms with Crippen LogP contribution >= 0.6 is 0 Å². The molecule has 0 aliphatic heterocycles. The zero-order valence-corrected chi connectivity index (χ0v) is 18.7. The zero-order chi connectivity index (χ0) is 20.1. The molecule has 2 aromatic rings. The van der Waals surface area contributed by atoms with E-state index in [1.165, 1.54) is 18.2 Å². The van der Waals surface area contributed by atoms with E-state index in [1.54, 1.807) is 18.2 Å². The minimum absolute atomic E-state index is 0. The molecule has 1 aromatic carbocycles. The predicted octanol–water partition coefficient (Wildman–Crippen LogP) is -0.547. The van der Waals surface area contributed by atoms with Crippen molar-refractivity contribution in [2.24, 2.45) is 0 Å². The predicted molar refractivity (Wildman–Crippen MR) is 100 cm³/mol. The van der Waals surface area contributed by atoms with E-state index in [0.29, 0.717) is 0 Å². The van der Waals surface area contributed by atoms with Gasteiger partial charge in [0, 0.05) is 47.9 Å². The number of hydrogen-bond acceptors (Lipinski definition) is 4. The fraction of sp³-hybridized carbons (Fsp3) is 0.381. The van der Waals surface area contributed by atoms with E-state index in [4.69, 9.17) is 0 Å². The fourth-order valence-electron chi connectivity index (χ4n) is 3.09. The number of benzene rings is 1. The van der Waals surface area contributed by atoms with Crippen molar-refractivity contribution < 1.29 is 54.1 Å². The van der Waals surface area contributed by atoms with E-state index in [9.17, 15) is 24.5 Å². The molecule has 0 fully saturated rings. The largest absolute Gasteiger partial charge is 1.00 e. The summed E-state index contributed by atoms with van der Waals surface area (Å²) in [6.07, 6.45) is 2.48. The van der Waals surface area contributed by atoms with Crippen molar-refractivity contribution in [3.05, 3.63) is 53.6 Å². The molecule has 0 saturated carbocycles. The van der Waals surface area contributed by atoms with Gasteiger partial charge in [0.15, 0.2) is 0 Å². The molecule has 0 bridgehead atoms. The Morgan fingerprint density at radius 1 is 1.25 bits per heavy atom. The van der Waals surface area contributed by atoms with Crippen LogP contribution in [0.3, 0.4) is 0 Å². The molecule has 0 saturated heterocycles. The van der Waals surface area contributed by atoms with Gasteiger partial charge in [0.05, 0.1) is 12.2 Å². The number of aromatic nitrogens is 1. The first kappa shape index (κ1) is 24.6. The maximum atomic E-state index is 13.3. The second-order valence-electron chi connectivity index (χ2n) is 6.94. The Balaban J connectivity index is 0.00000392. The van der Waals surface area contributed by atoms with E-state index < -0.39 is 24.6 Å². The number of carboxylic acids is 1. The topological polar surface area (TPSA) is 85.5 Å². The SMILES string of the molecule is Cc1c(/C=C/[C@@H](O)C[C@@H](O)CC(=O)[O-])c(-c2ccc(F)cc2)cn1C(C)C.[Na+]. The Labute approximate surface area is 186 Å². The van der Waals surface area contributed by atoms with Crippen molar-refractivity contribution in [3.63, 3.8) is 0 Å². The molecule has 2 N–H and O–H groups in total. The number of hydrogen-bond donors (Lipinski definition) is 2. The van der Waals surface area contributed by atoms with Gasteiger partial charge in [-0.3, -0.25) is 0 Å². The number of aliphatic carboxylic acids is 1.